The molecule has 0 radical (unpaired) electrons. The normalized spacial score (nSPS) is 14.2. The molecule has 1 amide bonds. The first kappa shape index (κ1) is 17.3. The third kappa shape index (κ3) is 4.75. The monoisotopic (exact) mass is 337 g/mol. The number of carbonyl (C=O) groups excluding carboxylic acids is 1. The molecule has 0 aromatic heterocycles. The van der Waals surface area contributed by atoms with Crippen LogP contribution in [0.15, 0.2) is 42.5 Å². The number of rotatable bonds is 5. The molecule has 0 spiro atoms. The van der Waals surface area contributed by atoms with Crippen molar-refractivity contribution in [2.24, 2.45) is 0 Å². The van der Waals surface area contributed by atoms with Gasteiger partial charge in [-0.2, -0.15) is 0 Å². The molecular weight excluding hydrogens is 310 g/mol. The van der Waals surface area contributed by atoms with Crippen molar-refractivity contribution >= 4 is 23.0 Å². The fraction of sp³-hybridized carbons (Fsp3) is 0.381. The van der Waals surface area contributed by atoms with Crippen LogP contribution in [0.2, 0.25) is 0 Å². The molecule has 0 aliphatic carbocycles. The molecule has 4 nitrogen and oxygen atoms in total. The summed E-state index contributed by atoms with van der Waals surface area (Å²) in [5.74, 6) is -0.0351. The highest BCUT2D eigenvalue weighted by Gasteiger charge is 2.10. The number of piperidine rings is 1. The van der Waals surface area contributed by atoms with Gasteiger partial charge in [-0.25, -0.2) is 0 Å². The Kier molecular flexibility index (Phi) is 5.59. The van der Waals surface area contributed by atoms with Gasteiger partial charge in [-0.3, -0.25) is 4.79 Å². The van der Waals surface area contributed by atoms with E-state index in [1.807, 2.05) is 38.1 Å². The average molecular weight is 337 g/mol. The molecule has 3 rings (SSSR count). The number of hydrogen-bond acceptors (Lipinski definition) is 3. The zero-order valence-corrected chi connectivity index (χ0v) is 15.1. The molecule has 2 aromatic carbocycles. The van der Waals surface area contributed by atoms with E-state index < -0.39 is 0 Å². The van der Waals surface area contributed by atoms with Crippen molar-refractivity contribution in [3.63, 3.8) is 0 Å². The molecule has 1 saturated heterocycles. The van der Waals surface area contributed by atoms with Gasteiger partial charge in [0, 0.05) is 30.2 Å². The Bertz CT molecular complexity index is 718. The Balaban J connectivity index is 1.51. The Morgan fingerprint density at radius 2 is 1.72 bits per heavy atom. The van der Waals surface area contributed by atoms with Crippen molar-refractivity contribution in [3.05, 3.63) is 53.6 Å². The zero-order chi connectivity index (χ0) is 17.6. The maximum atomic E-state index is 12.2. The molecule has 2 aromatic rings. The van der Waals surface area contributed by atoms with E-state index >= 15 is 0 Å². The first-order valence-corrected chi connectivity index (χ1v) is 9.08. The molecule has 25 heavy (non-hydrogen) atoms. The number of nitrogens with zero attached hydrogens (tertiary/aromatic N) is 1. The molecule has 0 bridgehead atoms. The number of aryl methyl sites for hydroxylation is 2. The van der Waals surface area contributed by atoms with Crippen molar-refractivity contribution in [1.29, 1.82) is 0 Å². The van der Waals surface area contributed by atoms with E-state index in [4.69, 9.17) is 0 Å². The third-order valence-corrected chi connectivity index (χ3v) is 4.70. The second-order valence-electron chi connectivity index (χ2n) is 6.81. The first-order valence-electron chi connectivity index (χ1n) is 9.08. The standard InChI is InChI=1S/C21H27N3O/c1-16-6-11-20(17(2)14-16)23-21(25)15-22-18-7-9-19(10-8-18)24-12-4-3-5-13-24/h6-11,14,22H,3-5,12-13,15H2,1-2H3,(H,23,25). The lowest BCUT2D eigenvalue weighted by Gasteiger charge is -2.28. The van der Waals surface area contributed by atoms with Crippen LogP contribution in [-0.4, -0.2) is 25.5 Å². The van der Waals surface area contributed by atoms with Crippen LogP contribution in [0.4, 0.5) is 17.1 Å². The summed E-state index contributed by atoms with van der Waals surface area (Å²) in [5.41, 5.74) is 5.39. The zero-order valence-electron chi connectivity index (χ0n) is 15.1. The number of amides is 1. The van der Waals surface area contributed by atoms with Crippen LogP contribution in [0.1, 0.15) is 30.4 Å². The van der Waals surface area contributed by atoms with E-state index in [0.717, 1.165) is 30.0 Å². The smallest absolute Gasteiger partial charge is 0.243 e. The number of benzene rings is 2. The molecule has 1 aliphatic rings. The second kappa shape index (κ2) is 8.06. The Hall–Kier alpha value is -2.49. The summed E-state index contributed by atoms with van der Waals surface area (Å²) in [7, 11) is 0. The number of nitrogens with one attached hydrogen (secondary N) is 2. The van der Waals surface area contributed by atoms with Gasteiger partial charge in [0.15, 0.2) is 0 Å². The predicted octanol–water partition coefficient (Wildman–Crippen LogP) is 4.34. The lowest BCUT2D eigenvalue weighted by Crippen LogP contribution is -2.29. The van der Waals surface area contributed by atoms with E-state index in [2.05, 4.69) is 33.7 Å². The molecule has 0 atom stereocenters. The van der Waals surface area contributed by atoms with E-state index in [0.29, 0.717) is 0 Å². The van der Waals surface area contributed by atoms with Gasteiger partial charge >= 0.3 is 0 Å². The van der Waals surface area contributed by atoms with Gasteiger partial charge in [0.05, 0.1) is 6.54 Å². The minimum absolute atomic E-state index is 0.0351. The van der Waals surface area contributed by atoms with Crippen LogP contribution in [0.25, 0.3) is 0 Å². The second-order valence-corrected chi connectivity index (χ2v) is 6.81. The summed E-state index contributed by atoms with van der Waals surface area (Å²) < 4.78 is 0. The highest BCUT2D eigenvalue weighted by Crippen LogP contribution is 2.22. The fourth-order valence-corrected chi connectivity index (χ4v) is 3.27. The van der Waals surface area contributed by atoms with Crippen LogP contribution < -0.4 is 15.5 Å². The summed E-state index contributed by atoms with van der Waals surface area (Å²) in [6, 6.07) is 14.4. The van der Waals surface area contributed by atoms with Gasteiger partial charge in [-0.05, 0) is 69.0 Å². The van der Waals surface area contributed by atoms with Crippen molar-refractivity contribution in [2.45, 2.75) is 33.1 Å². The summed E-state index contributed by atoms with van der Waals surface area (Å²) in [6.07, 6.45) is 3.89. The largest absolute Gasteiger partial charge is 0.376 e. The van der Waals surface area contributed by atoms with Gasteiger partial charge in [0.25, 0.3) is 0 Å². The SMILES string of the molecule is Cc1ccc(NC(=O)CNc2ccc(N3CCCCC3)cc2)c(C)c1. The van der Waals surface area contributed by atoms with E-state index in [1.54, 1.807) is 0 Å². The van der Waals surface area contributed by atoms with Crippen molar-refractivity contribution in [2.75, 3.05) is 35.2 Å². The maximum absolute atomic E-state index is 12.2. The van der Waals surface area contributed by atoms with E-state index in [1.165, 1.54) is 30.5 Å². The number of carbonyl (C=O) groups is 1. The molecule has 4 heteroatoms. The molecule has 0 unspecified atom stereocenters. The fourth-order valence-electron chi connectivity index (χ4n) is 3.27. The van der Waals surface area contributed by atoms with Crippen LogP contribution in [0.3, 0.4) is 0 Å². The minimum Gasteiger partial charge on any atom is -0.376 e. The van der Waals surface area contributed by atoms with Gasteiger partial charge in [0.1, 0.15) is 0 Å². The highest BCUT2D eigenvalue weighted by molar-refractivity contribution is 5.94. The minimum atomic E-state index is -0.0351. The Labute approximate surface area is 150 Å². The van der Waals surface area contributed by atoms with Gasteiger partial charge in [-0.1, -0.05) is 17.7 Å². The highest BCUT2D eigenvalue weighted by atomic mass is 16.1. The lowest BCUT2D eigenvalue weighted by molar-refractivity contribution is -0.114. The van der Waals surface area contributed by atoms with Gasteiger partial charge in [-0.15, -0.1) is 0 Å². The molecule has 1 heterocycles. The van der Waals surface area contributed by atoms with Crippen LogP contribution in [0, 0.1) is 13.8 Å². The maximum Gasteiger partial charge on any atom is 0.243 e. The van der Waals surface area contributed by atoms with Crippen molar-refractivity contribution < 1.29 is 4.79 Å². The summed E-state index contributed by atoms with van der Waals surface area (Å²) in [4.78, 5) is 14.6. The molecule has 1 fully saturated rings. The van der Waals surface area contributed by atoms with Gasteiger partial charge in [0.2, 0.25) is 5.91 Å². The molecule has 2 N–H and O–H groups in total. The molecule has 132 valence electrons. The van der Waals surface area contributed by atoms with Crippen LogP contribution >= 0.6 is 0 Å². The summed E-state index contributed by atoms with van der Waals surface area (Å²) >= 11 is 0. The lowest BCUT2D eigenvalue weighted by atomic mass is 10.1. The van der Waals surface area contributed by atoms with Crippen LogP contribution in [-0.2, 0) is 4.79 Å². The molecular formula is C21H27N3O. The van der Waals surface area contributed by atoms with Crippen LogP contribution in [0.5, 0.6) is 0 Å². The van der Waals surface area contributed by atoms with E-state index in [9.17, 15) is 4.79 Å². The Morgan fingerprint density at radius 3 is 2.40 bits per heavy atom. The Morgan fingerprint density at radius 1 is 1.00 bits per heavy atom. The quantitative estimate of drug-likeness (QED) is 0.853. The van der Waals surface area contributed by atoms with Crippen molar-refractivity contribution in [3.8, 4) is 0 Å². The topological polar surface area (TPSA) is 44.4 Å². The number of hydrogen-bond donors (Lipinski definition) is 2. The third-order valence-electron chi connectivity index (χ3n) is 4.70. The summed E-state index contributed by atoms with van der Waals surface area (Å²) in [5, 5.41) is 6.16. The van der Waals surface area contributed by atoms with Crippen molar-refractivity contribution in [1.82, 2.24) is 0 Å². The number of anilines is 3. The van der Waals surface area contributed by atoms with Gasteiger partial charge < -0.3 is 15.5 Å². The van der Waals surface area contributed by atoms with E-state index in [-0.39, 0.29) is 12.5 Å². The molecule has 0 saturated carbocycles. The predicted molar refractivity (Wildman–Crippen MR) is 106 cm³/mol. The first-order chi connectivity index (χ1) is 12.1. The average Bonchev–Trinajstić information content (AvgIpc) is 2.63. The summed E-state index contributed by atoms with van der Waals surface area (Å²) in [6.45, 7) is 6.61. The molecule has 1 aliphatic heterocycles.